The molecular formula is C15H20F2N2. The lowest BCUT2D eigenvalue weighted by atomic mass is 10.0. The third-order valence-corrected chi connectivity index (χ3v) is 4.20. The number of halogens is 2. The van der Waals surface area contributed by atoms with Crippen molar-refractivity contribution in [3.8, 4) is 0 Å². The second kappa shape index (κ2) is 5.17. The van der Waals surface area contributed by atoms with Gasteiger partial charge >= 0.3 is 0 Å². The first-order valence-corrected chi connectivity index (χ1v) is 7.05. The number of piperazine rings is 1. The summed E-state index contributed by atoms with van der Waals surface area (Å²) >= 11 is 0. The second-order valence-corrected chi connectivity index (χ2v) is 5.88. The summed E-state index contributed by atoms with van der Waals surface area (Å²) in [6, 6.07) is 4.61. The molecule has 0 amide bonds. The van der Waals surface area contributed by atoms with Crippen LogP contribution in [-0.4, -0.2) is 30.1 Å². The summed E-state index contributed by atoms with van der Waals surface area (Å²) in [7, 11) is 0. The molecule has 1 aromatic rings. The minimum absolute atomic E-state index is 0.304. The van der Waals surface area contributed by atoms with Gasteiger partial charge in [0.25, 0.3) is 0 Å². The van der Waals surface area contributed by atoms with Crippen LogP contribution in [0, 0.1) is 17.6 Å². The van der Waals surface area contributed by atoms with E-state index in [2.05, 4.69) is 17.1 Å². The number of rotatable bonds is 3. The fourth-order valence-electron chi connectivity index (χ4n) is 3.01. The molecule has 1 heterocycles. The zero-order valence-electron chi connectivity index (χ0n) is 11.2. The maximum Gasteiger partial charge on any atom is 0.127 e. The van der Waals surface area contributed by atoms with Gasteiger partial charge in [-0.2, -0.15) is 0 Å². The highest BCUT2D eigenvalue weighted by atomic mass is 19.1. The minimum atomic E-state index is -0.359. The predicted molar refractivity (Wildman–Crippen MR) is 70.7 cm³/mol. The van der Waals surface area contributed by atoms with Gasteiger partial charge in [0.2, 0.25) is 0 Å². The Bertz CT molecular complexity index is 459. The van der Waals surface area contributed by atoms with Gasteiger partial charge < -0.3 is 5.32 Å². The van der Waals surface area contributed by atoms with Gasteiger partial charge in [-0.25, -0.2) is 8.78 Å². The number of hydrogen-bond acceptors (Lipinski definition) is 2. The van der Waals surface area contributed by atoms with Crippen molar-refractivity contribution in [1.82, 2.24) is 10.2 Å². The topological polar surface area (TPSA) is 15.3 Å². The molecule has 1 N–H and O–H groups in total. The zero-order chi connectivity index (χ0) is 13.4. The fourth-order valence-corrected chi connectivity index (χ4v) is 3.01. The highest BCUT2D eigenvalue weighted by molar-refractivity contribution is 5.19. The Balaban J connectivity index is 1.76. The Hall–Kier alpha value is -1.00. The molecule has 3 rings (SSSR count). The van der Waals surface area contributed by atoms with Crippen molar-refractivity contribution in [2.24, 2.45) is 5.92 Å². The quantitative estimate of drug-likeness (QED) is 0.904. The fraction of sp³-hybridized carbons (Fsp3) is 0.600. The van der Waals surface area contributed by atoms with Crippen molar-refractivity contribution in [3.63, 3.8) is 0 Å². The molecule has 1 aliphatic carbocycles. The lowest BCUT2D eigenvalue weighted by Gasteiger charge is -2.39. The van der Waals surface area contributed by atoms with Crippen LogP contribution in [0.3, 0.4) is 0 Å². The molecule has 2 fully saturated rings. The molecule has 0 radical (unpaired) electrons. The van der Waals surface area contributed by atoms with E-state index in [9.17, 15) is 8.78 Å². The van der Waals surface area contributed by atoms with E-state index in [4.69, 9.17) is 0 Å². The molecule has 2 aliphatic rings. The molecule has 2 unspecified atom stereocenters. The van der Waals surface area contributed by atoms with E-state index in [-0.39, 0.29) is 11.6 Å². The summed E-state index contributed by atoms with van der Waals surface area (Å²) in [5.41, 5.74) is 0.472. The normalized spacial score (nSPS) is 28.6. The average molecular weight is 266 g/mol. The van der Waals surface area contributed by atoms with Crippen molar-refractivity contribution in [3.05, 3.63) is 35.4 Å². The zero-order valence-corrected chi connectivity index (χ0v) is 11.2. The molecule has 0 aromatic heterocycles. The Morgan fingerprint density at radius 2 is 2.11 bits per heavy atom. The molecule has 2 atom stereocenters. The number of benzene rings is 1. The van der Waals surface area contributed by atoms with E-state index in [0.29, 0.717) is 24.2 Å². The summed E-state index contributed by atoms with van der Waals surface area (Å²) in [6.45, 7) is 4.51. The van der Waals surface area contributed by atoms with E-state index in [0.717, 1.165) is 19.0 Å². The molecule has 19 heavy (non-hydrogen) atoms. The standard InChI is InChI=1S/C15H20F2N2/c1-10-8-19(15(7-18-10)11-2-3-11)9-12-6-13(16)4-5-14(12)17/h4-6,10-11,15,18H,2-3,7-9H2,1H3. The van der Waals surface area contributed by atoms with Gasteiger partial charge in [0.1, 0.15) is 11.6 Å². The molecule has 4 heteroatoms. The van der Waals surface area contributed by atoms with Crippen LogP contribution in [0.25, 0.3) is 0 Å². The van der Waals surface area contributed by atoms with E-state index >= 15 is 0 Å². The van der Waals surface area contributed by atoms with E-state index in [1.165, 1.54) is 31.0 Å². The third-order valence-electron chi connectivity index (χ3n) is 4.20. The Morgan fingerprint density at radius 1 is 1.32 bits per heavy atom. The second-order valence-electron chi connectivity index (χ2n) is 5.88. The highest BCUT2D eigenvalue weighted by Crippen LogP contribution is 2.36. The van der Waals surface area contributed by atoms with Crippen molar-refractivity contribution in [2.75, 3.05) is 13.1 Å². The van der Waals surface area contributed by atoms with Gasteiger partial charge in [-0.15, -0.1) is 0 Å². The van der Waals surface area contributed by atoms with Crippen molar-refractivity contribution in [1.29, 1.82) is 0 Å². The van der Waals surface area contributed by atoms with Crippen LogP contribution in [0.15, 0.2) is 18.2 Å². The highest BCUT2D eigenvalue weighted by Gasteiger charge is 2.38. The smallest absolute Gasteiger partial charge is 0.127 e. The maximum absolute atomic E-state index is 13.8. The van der Waals surface area contributed by atoms with Crippen LogP contribution in [0.2, 0.25) is 0 Å². The van der Waals surface area contributed by atoms with E-state index in [1.54, 1.807) is 0 Å². The molecule has 1 aliphatic heterocycles. The van der Waals surface area contributed by atoms with Gasteiger partial charge in [-0.3, -0.25) is 4.90 Å². The predicted octanol–water partition coefficient (Wildman–Crippen LogP) is 2.54. The Labute approximate surface area is 112 Å². The molecule has 0 bridgehead atoms. The van der Waals surface area contributed by atoms with E-state index in [1.807, 2.05) is 0 Å². The Kier molecular flexibility index (Phi) is 3.54. The summed E-state index contributed by atoms with van der Waals surface area (Å²) < 4.78 is 27.0. The van der Waals surface area contributed by atoms with Crippen molar-refractivity contribution in [2.45, 2.75) is 38.4 Å². The van der Waals surface area contributed by atoms with Crippen LogP contribution >= 0.6 is 0 Å². The lowest BCUT2D eigenvalue weighted by Crippen LogP contribution is -2.55. The molecule has 104 valence electrons. The molecule has 1 aromatic carbocycles. The Morgan fingerprint density at radius 3 is 2.84 bits per heavy atom. The first kappa shape index (κ1) is 13.0. The summed E-state index contributed by atoms with van der Waals surface area (Å²) in [5.74, 6) is 0.0707. The molecule has 1 saturated carbocycles. The van der Waals surface area contributed by atoms with Crippen molar-refractivity contribution < 1.29 is 8.78 Å². The molecule has 0 spiro atoms. The van der Waals surface area contributed by atoms with Gasteiger partial charge in [-0.05, 0) is 43.9 Å². The van der Waals surface area contributed by atoms with Gasteiger partial charge in [0.15, 0.2) is 0 Å². The average Bonchev–Trinajstić information content (AvgIpc) is 3.18. The lowest BCUT2D eigenvalue weighted by molar-refractivity contribution is 0.111. The van der Waals surface area contributed by atoms with E-state index < -0.39 is 0 Å². The minimum Gasteiger partial charge on any atom is -0.311 e. The largest absolute Gasteiger partial charge is 0.311 e. The third kappa shape index (κ3) is 2.95. The monoisotopic (exact) mass is 266 g/mol. The van der Waals surface area contributed by atoms with Crippen LogP contribution in [0.4, 0.5) is 8.78 Å². The van der Waals surface area contributed by atoms with Gasteiger partial charge in [-0.1, -0.05) is 0 Å². The number of nitrogens with one attached hydrogen (secondary N) is 1. The first-order chi connectivity index (χ1) is 9.13. The van der Waals surface area contributed by atoms with Gasteiger partial charge in [0, 0.05) is 37.3 Å². The van der Waals surface area contributed by atoms with Crippen LogP contribution in [-0.2, 0) is 6.54 Å². The van der Waals surface area contributed by atoms with Crippen LogP contribution in [0.5, 0.6) is 0 Å². The summed E-state index contributed by atoms with van der Waals surface area (Å²) in [6.07, 6.45) is 2.53. The summed E-state index contributed by atoms with van der Waals surface area (Å²) in [4.78, 5) is 2.32. The SMILES string of the molecule is CC1CN(Cc2cc(F)ccc2F)C(C2CC2)CN1. The van der Waals surface area contributed by atoms with Crippen LogP contribution in [0.1, 0.15) is 25.3 Å². The maximum atomic E-state index is 13.8. The molecule has 2 nitrogen and oxygen atoms in total. The van der Waals surface area contributed by atoms with Gasteiger partial charge in [0.05, 0.1) is 0 Å². The molecule has 1 saturated heterocycles. The van der Waals surface area contributed by atoms with Crippen molar-refractivity contribution >= 4 is 0 Å². The first-order valence-electron chi connectivity index (χ1n) is 7.05. The number of nitrogens with zero attached hydrogens (tertiary/aromatic N) is 1. The summed E-state index contributed by atoms with van der Waals surface area (Å²) in [5, 5.41) is 3.49. The number of hydrogen-bond donors (Lipinski definition) is 1. The van der Waals surface area contributed by atoms with Crippen LogP contribution < -0.4 is 5.32 Å². The molecular weight excluding hydrogens is 246 g/mol.